The molecule has 32 heavy (non-hydrogen) atoms. The van der Waals surface area contributed by atoms with Gasteiger partial charge in [0, 0.05) is 12.6 Å². The number of rotatable bonds is 7. The Morgan fingerprint density at radius 1 is 1.25 bits per heavy atom. The third kappa shape index (κ3) is 4.17. The van der Waals surface area contributed by atoms with Gasteiger partial charge < -0.3 is 14.7 Å². The third-order valence-corrected chi connectivity index (χ3v) is 6.07. The van der Waals surface area contributed by atoms with Crippen molar-refractivity contribution < 1.29 is 19.4 Å². The molecule has 2 heterocycles. The molecular formula is C22H21N5O4S. The number of ether oxygens (including phenoxy) is 1. The summed E-state index contributed by atoms with van der Waals surface area (Å²) in [5.41, 5.74) is 2.47. The van der Waals surface area contributed by atoms with Crippen LogP contribution in [0.25, 0.3) is 21.5 Å². The number of aromatic nitrogens is 4. The van der Waals surface area contributed by atoms with Crippen molar-refractivity contribution in [2.75, 3.05) is 14.2 Å². The molecule has 2 aromatic heterocycles. The maximum atomic E-state index is 13.1. The number of thiazole rings is 1. The molecule has 164 valence electrons. The summed E-state index contributed by atoms with van der Waals surface area (Å²) in [6, 6.07) is 12.1. The lowest BCUT2D eigenvalue weighted by Crippen LogP contribution is -2.26. The van der Waals surface area contributed by atoms with Crippen LogP contribution in [0.4, 0.5) is 0 Å². The number of hydrogen-bond donors (Lipinski definition) is 1. The Kier molecular flexibility index (Phi) is 5.87. The maximum Gasteiger partial charge on any atom is 0.328 e. The Bertz CT molecular complexity index is 1270. The minimum absolute atomic E-state index is 0.198. The molecule has 0 saturated heterocycles. The maximum absolute atomic E-state index is 13.1. The smallest absolute Gasteiger partial charge is 0.328 e. The van der Waals surface area contributed by atoms with Gasteiger partial charge in [0.25, 0.3) is 5.91 Å². The second-order valence-corrected chi connectivity index (χ2v) is 8.36. The number of carboxylic acid groups (broad SMARTS) is 1. The predicted octanol–water partition coefficient (Wildman–Crippen LogP) is 3.48. The van der Waals surface area contributed by atoms with E-state index in [-0.39, 0.29) is 5.91 Å². The molecular weight excluding hydrogens is 430 g/mol. The second kappa shape index (κ2) is 8.75. The third-order valence-electron chi connectivity index (χ3n) is 5.05. The van der Waals surface area contributed by atoms with Gasteiger partial charge in [-0.1, -0.05) is 23.4 Å². The fourth-order valence-corrected chi connectivity index (χ4v) is 4.23. The molecule has 0 bridgehead atoms. The standard InChI is InChI=1S/C22H21N5O4S/c1-13(22(29)30)27-11-17(24-25-27)14-8-9-15(18(10-14)31-3)21(28)26(2)12-20-23-16-6-4-5-7-19(16)32-20/h4-11,13H,12H2,1-3H3,(H,29,30). The average Bonchev–Trinajstić information content (AvgIpc) is 3.44. The number of fused-ring (bicyclic) bond motifs is 1. The van der Waals surface area contributed by atoms with Gasteiger partial charge in [0.1, 0.15) is 22.5 Å². The average molecular weight is 452 g/mol. The zero-order valence-electron chi connectivity index (χ0n) is 17.7. The Balaban J connectivity index is 1.55. The Hall–Kier alpha value is -3.79. The van der Waals surface area contributed by atoms with Crippen LogP contribution >= 0.6 is 11.3 Å². The van der Waals surface area contributed by atoms with E-state index in [1.54, 1.807) is 47.7 Å². The van der Waals surface area contributed by atoms with Crippen molar-refractivity contribution in [1.29, 1.82) is 0 Å². The lowest BCUT2D eigenvalue weighted by Gasteiger charge is -2.18. The van der Waals surface area contributed by atoms with Crippen molar-refractivity contribution in [2.24, 2.45) is 0 Å². The van der Waals surface area contributed by atoms with Crippen LogP contribution < -0.4 is 4.74 Å². The quantitative estimate of drug-likeness (QED) is 0.458. The van der Waals surface area contributed by atoms with Gasteiger partial charge in [0.15, 0.2) is 0 Å². The fourth-order valence-electron chi connectivity index (χ4n) is 3.21. The number of carboxylic acids is 1. The fraction of sp³-hybridized carbons (Fsp3) is 0.227. The van der Waals surface area contributed by atoms with Crippen LogP contribution in [0.3, 0.4) is 0 Å². The molecule has 2 aromatic carbocycles. The van der Waals surface area contributed by atoms with E-state index in [4.69, 9.17) is 9.84 Å². The van der Waals surface area contributed by atoms with E-state index < -0.39 is 12.0 Å². The van der Waals surface area contributed by atoms with Crippen molar-refractivity contribution in [3.05, 3.63) is 59.2 Å². The first-order chi connectivity index (χ1) is 15.4. The van der Waals surface area contributed by atoms with Gasteiger partial charge in [0.05, 0.1) is 35.6 Å². The summed E-state index contributed by atoms with van der Waals surface area (Å²) in [7, 11) is 3.22. The molecule has 10 heteroatoms. The number of carbonyl (C=O) groups is 2. The predicted molar refractivity (Wildman–Crippen MR) is 120 cm³/mol. The first kappa shape index (κ1) is 21.4. The number of benzene rings is 2. The summed E-state index contributed by atoms with van der Waals surface area (Å²) in [5, 5.41) is 17.9. The van der Waals surface area contributed by atoms with E-state index >= 15 is 0 Å². The topological polar surface area (TPSA) is 110 Å². The molecule has 0 aliphatic heterocycles. The van der Waals surface area contributed by atoms with E-state index in [0.29, 0.717) is 29.1 Å². The molecule has 4 aromatic rings. The van der Waals surface area contributed by atoms with Crippen LogP contribution in [0.2, 0.25) is 0 Å². The molecule has 0 fully saturated rings. The highest BCUT2D eigenvalue weighted by Gasteiger charge is 2.20. The summed E-state index contributed by atoms with van der Waals surface area (Å²) < 4.78 is 7.81. The second-order valence-electron chi connectivity index (χ2n) is 7.25. The number of nitrogens with zero attached hydrogens (tertiary/aromatic N) is 5. The number of para-hydroxylation sites is 1. The molecule has 1 unspecified atom stereocenters. The number of amides is 1. The summed E-state index contributed by atoms with van der Waals surface area (Å²) in [6.07, 6.45) is 1.55. The molecule has 4 rings (SSSR count). The van der Waals surface area contributed by atoms with Crippen LogP contribution in [0.1, 0.15) is 28.3 Å². The van der Waals surface area contributed by atoms with Crippen LogP contribution in [0.5, 0.6) is 5.75 Å². The highest BCUT2D eigenvalue weighted by atomic mass is 32.1. The molecule has 9 nitrogen and oxygen atoms in total. The van der Waals surface area contributed by atoms with E-state index in [0.717, 1.165) is 15.2 Å². The summed E-state index contributed by atoms with van der Waals surface area (Å²) >= 11 is 1.56. The molecule has 0 aliphatic carbocycles. The Labute approximate surface area is 187 Å². The van der Waals surface area contributed by atoms with Gasteiger partial charge in [0.2, 0.25) is 0 Å². The first-order valence-electron chi connectivity index (χ1n) is 9.80. The molecule has 0 aliphatic rings. The number of methoxy groups -OCH3 is 1. The molecule has 0 spiro atoms. The summed E-state index contributed by atoms with van der Waals surface area (Å²) in [4.78, 5) is 30.4. The van der Waals surface area contributed by atoms with Crippen LogP contribution in [-0.4, -0.2) is 56.0 Å². The SMILES string of the molecule is COc1cc(-c2cn(C(C)C(=O)O)nn2)ccc1C(=O)N(C)Cc1nc2ccccc2s1. The van der Waals surface area contributed by atoms with Gasteiger partial charge in [-0.2, -0.15) is 0 Å². The zero-order chi connectivity index (χ0) is 22.8. The van der Waals surface area contributed by atoms with Gasteiger partial charge in [-0.05, 0) is 31.2 Å². The van der Waals surface area contributed by atoms with Gasteiger partial charge in [-0.15, -0.1) is 16.4 Å². The molecule has 0 saturated carbocycles. The molecule has 1 N–H and O–H groups in total. The van der Waals surface area contributed by atoms with E-state index in [1.165, 1.54) is 18.7 Å². The normalized spacial score (nSPS) is 12.0. The van der Waals surface area contributed by atoms with Gasteiger partial charge in [-0.3, -0.25) is 4.79 Å². The summed E-state index contributed by atoms with van der Waals surface area (Å²) in [5.74, 6) is -0.809. The van der Waals surface area contributed by atoms with Crippen LogP contribution in [0.15, 0.2) is 48.7 Å². The Morgan fingerprint density at radius 2 is 2.03 bits per heavy atom. The Morgan fingerprint density at radius 3 is 2.75 bits per heavy atom. The first-order valence-corrected chi connectivity index (χ1v) is 10.6. The van der Waals surface area contributed by atoms with Crippen molar-refractivity contribution in [1.82, 2.24) is 24.9 Å². The molecule has 1 atom stereocenters. The van der Waals surface area contributed by atoms with Gasteiger partial charge in [-0.25, -0.2) is 14.5 Å². The lowest BCUT2D eigenvalue weighted by molar-refractivity contribution is -0.140. The van der Waals surface area contributed by atoms with Crippen LogP contribution in [0, 0.1) is 0 Å². The largest absolute Gasteiger partial charge is 0.496 e. The number of hydrogen-bond acceptors (Lipinski definition) is 7. The monoisotopic (exact) mass is 451 g/mol. The van der Waals surface area contributed by atoms with Crippen LogP contribution in [-0.2, 0) is 11.3 Å². The highest BCUT2D eigenvalue weighted by Crippen LogP contribution is 2.28. The zero-order valence-corrected chi connectivity index (χ0v) is 18.5. The van der Waals surface area contributed by atoms with E-state index in [9.17, 15) is 9.59 Å². The van der Waals surface area contributed by atoms with Crippen molar-refractivity contribution in [3.8, 4) is 17.0 Å². The van der Waals surface area contributed by atoms with Crippen molar-refractivity contribution >= 4 is 33.4 Å². The van der Waals surface area contributed by atoms with Crippen molar-refractivity contribution in [2.45, 2.75) is 19.5 Å². The van der Waals surface area contributed by atoms with E-state index in [2.05, 4.69) is 15.3 Å². The number of carbonyl (C=O) groups excluding carboxylic acids is 1. The number of aliphatic carboxylic acids is 1. The van der Waals surface area contributed by atoms with Gasteiger partial charge >= 0.3 is 5.97 Å². The lowest BCUT2D eigenvalue weighted by atomic mass is 10.1. The minimum atomic E-state index is -1.00. The van der Waals surface area contributed by atoms with Crippen molar-refractivity contribution in [3.63, 3.8) is 0 Å². The highest BCUT2D eigenvalue weighted by molar-refractivity contribution is 7.18. The molecule has 0 radical (unpaired) electrons. The minimum Gasteiger partial charge on any atom is -0.496 e. The summed E-state index contributed by atoms with van der Waals surface area (Å²) in [6.45, 7) is 1.90. The molecule has 1 amide bonds. The van der Waals surface area contributed by atoms with E-state index in [1.807, 2.05) is 24.3 Å².